The van der Waals surface area contributed by atoms with E-state index in [0.29, 0.717) is 26.6 Å². The highest BCUT2D eigenvalue weighted by Crippen LogP contribution is 2.36. The van der Waals surface area contributed by atoms with Crippen LogP contribution in [0.5, 0.6) is 0 Å². The zero-order valence-electron chi connectivity index (χ0n) is 15.4. The zero-order chi connectivity index (χ0) is 20.3. The molecule has 1 N–H and O–H groups in total. The van der Waals surface area contributed by atoms with Crippen molar-refractivity contribution in [2.24, 2.45) is 7.05 Å². The lowest BCUT2D eigenvalue weighted by Gasteiger charge is -2.12. The van der Waals surface area contributed by atoms with E-state index < -0.39 is 10.0 Å². The highest BCUT2D eigenvalue weighted by molar-refractivity contribution is 7.89. The van der Waals surface area contributed by atoms with Crippen LogP contribution in [0.4, 0.5) is 0 Å². The van der Waals surface area contributed by atoms with Crippen LogP contribution >= 0.6 is 23.2 Å². The molecule has 1 saturated carbocycles. The Morgan fingerprint density at radius 2 is 1.75 bits per heavy atom. The Morgan fingerprint density at radius 3 is 2.36 bits per heavy atom. The summed E-state index contributed by atoms with van der Waals surface area (Å²) >= 11 is 12.5. The number of aryl methyl sites for hydroxylation is 1. The van der Waals surface area contributed by atoms with Gasteiger partial charge in [0.05, 0.1) is 22.5 Å². The molecule has 1 fully saturated rings. The lowest BCUT2D eigenvalue weighted by Crippen LogP contribution is -2.34. The first kappa shape index (κ1) is 19.5. The second-order valence-corrected chi connectivity index (χ2v) is 9.94. The molecular weight excluding hydrogens is 421 g/mol. The zero-order valence-corrected chi connectivity index (χ0v) is 17.7. The highest BCUT2D eigenvalue weighted by atomic mass is 35.5. The molecule has 0 saturated heterocycles. The fourth-order valence-corrected chi connectivity index (χ4v) is 5.22. The van der Waals surface area contributed by atoms with Gasteiger partial charge in [-0.05, 0) is 50.1 Å². The van der Waals surface area contributed by atoms with Crippen LogP contribution in [-0.2, 0) is 23.6 Å². The lowest BCUT2D eigenvalue weighted by molar-refractivity contribution is 0.558. The van der Waals surface area contributed by atoms with Crippen LogP contribution < -0.4 is 10.4 Å². The van der Waals surface area contributed by atoms with Crippen molar-refractivity contribution >= 4 is 44.3 Å². The molecule has 1 aliphatic rings. The van der Waals surface area contributed by atoms with E-state index in [0.717, 1.165) is 12.8 Å². The van der Waals surface area contributed by atoms with Crippen molar-refractivity contribution in [3.8, 4) is 0 Å². The van der Waals surface area contributed by atoms with E-state index >= 15 is 0 Å². The van der Waals surface area contributed by atoms with Gasteiger partial charge in [-0.3, -0.25) is 9.13 Å². The third-order valence-corrected chi connectivity index (χ3v) is 7.53. The van der Waals surface area contributed by atoms with Gasteiger partial charge in [0, 0.05) is 28.2 Å². The molecule has 9 heteroatoms. The molecule has 6 nitrogen and oxygen atoms in total. The van der Waals surface area contributed by atoms with E-state index in [9.17, 15) is 13.2 Å². The van der Waals surface area contributed by atoms with Gasteiger partial charge in [-0.2, -0.15) is 0 Å². The number of fused-ring (bicyclic) bond motifs is 1. The number of benzene rings is 2. The van der Waals surface area contributed by atoms with Crippen molar-refractivity contribution in [3.63, 3.8) is 0 Å². The van der Waals surface area contributed by atoms with Gasteiger partial charge < -0.3 is 0 Å². The molecule has 0 bridgehead atoms. The lowest BCUT2D eigenvalue weighted by atomic mass is 10.2. The van der Waals surface area contributed by atoms with Crippen LogP contribution in [0.3, 0.4) is 0 Å². The Hall–Kier alpha value is -1.80. The standard InChI is InChI=1S/C19H19Cl2N3O3S/c1-19(8-9-19)22-28(26,27)12-6-7-16-17(10-12)23(2)18(25)24(16)11-13-14(20)4-3-5-15(13)21/h3-7,10,22H,8-9,11H2,1-2H3. The summed E-state index contributed by atoms with van der Waals surface area (Å²) in [5.74, 6) is 0. The largest absolute Gasteiger partial charge is 0.329 e. The Balaban J connectivity index is 1.80. The summed E-state index contributed by atoms with van der Waals surface area (Å²) in [5, 5.41) is 0.940. The van der Waals surface area contributed by atoms with E-state index in [1.807, 2.05) is 6.92 Å². The highest BCUT2D eigenvalue weighted by Gasteiger charge is 2.41. The molecule has 0 aliphatic heterocycles. The first-order valence-corrected chi connectivity index (χ1v) is 11.0. The summed E-state index contributed by atoms with van der Waals surface area (Å²) in [7, 11) is -2.04. The number of aromatic nitrogens is 2. The van der Waals surface area contributed by atoms with Crippen LogP contribution in [-0.4, -0.2) is 23.1 Å². The quantitative estimate of drug-likeness (QED) is 0.660. The van der Waals surface area contributed by atoms with Gasteiger partial charge in [-0.15, -0.1) is 0 Å². The predicted octanol–water partition coefficient (Wildman–Crippen LogP) is 3.53. The van der Waals surface area contributed by atoms with Gasteiger partial charge >= 0.3 is 5.69 Å². The molecule has 3 aromatic rings. The van der Waals surface area contributed by atoms with E-state index in [2.05, 4.69) is 4.72 Å². The van der Waals surface area contributed by atoms with E-state index in [1.165, 1.54) is 21.3 Å². The molecular formula is C19H19Cl2N3O3S. The molecule has 4 rings (SSSR count). The van der Waals surface area contributed by atoms with Crippen molar-refractivity contribution in [1.29, 1.82) is 0 Å². The second-order valence-electron chi connectivity index (χ2n) is 7.44. The van der Waals surface area contributed by atoms with Crippen LogP contribution in [0.1, 0.15) is 25.3 Å². The molecule has 1 heterocycles. The van der Waals surface area contributed by atoms with E-state index in [-0.39, 0.29) is 22.7 Å². The molecule has 0 amide bonds. The Bertz CT molecular complexity index is 1240. The number of hydrogen-bond acceptors (Lipinski definition) is 3. The number of hydrogen-bond donors (Lipinski definition) is 1. The maximum atomic E-state index is 12.8. The van der Waals surface area contributed by atoms with Gasteiger partial charge in [-0.1, -0.05) is 29.3 Å². The van der Waals surface area contributed by atoms with Crippen LogP contribution in [0.15, 0.2) is 46.1 Å². The first-order chi connectivity index (χ1) is 13.1. The van der Waals surface area contributed by atoms with E-state index in [1.54, 1.807) is 31.3 Å². The van der Waals surface area contributed by atoms with Crippen LogP contribution in [0.25, 0.3) is 11.0 Å². The average Bonchev–Trinajstić information content (AvgIpc) is 3.30. The van der Waals surface area contributed by atoms with Crippen molar-refractivity contribution in [3.05, 3.63) is 62.5 Å². The summed E-state index contributed by atoms with van der Waals surface area (Å²) in [5.41, 5.74) is 1.13. The summed E-state index contributed by atoms with van der Waals surface area (Å²) in [6.45, 7) is 2.07. The molecule has 2 aromatic carbocycles. The normalized spacial score (nSPS) is 15.9. The summed E-state index contributed by atoms with van der Waals surface area (Å²) < 4.78 is 31.0. The Kier molecular flexibility index (Phi) is 4.62. The van der Waals surface area contributed by atoms with Crippen molar-refractivity contribution in [1.82, 2.24) is 13.9 Å². The monoisotopic (exact) mass is 439 g/mol. The third-order valence-electron chi connectivity index (χ3n) is 5.19. The molecule has 28 heavy (non-hydrogen) atoms. The number of imidazole rings is 1. The summed E-state index contributed by atoms with van der Waals surface area (Å²) in [4.78, 5) is 12.9. The molecule has 0 unspecified atom stereocenters. The molecule has 0 spiro atoms. The number of nitrogens with one attached hydrogen (secondary N) is 1. The van der Waals surface area contributed by atoms with Gasteiger partial charge in [0.15, 0.2) is 0 Å². The fourth-order valence-electron chi connectivity index (χ4n) is 3.22. The van der Waals surface area contributed by atoms with Gasteiger partial charge in [0.1, 0.15) is 0 Å². The van der Waals surface area contributed by atoms with Gasteiger partial charge in [0.2, 0.25) is 10.0 Å². The topological polar surface area (TPSA) is 73.1 Å². The van der Waals surface area contributed by atoms with Crippen LogP contribution in [0, 0.1) is 0 Å². The number of sulfonamides is 1. The van der Waals surface area contributed by atoms with Crippen LogP contribution in [0.2, 0.25) is 10.0 Å². The minimum atomic E-state index is -3.66. The number of nitrogens with zero attached hydrogens (tertiary/aromatic N) is 2. The van der Waals surface area contributed by atoms with E-state index in [4.69, 9.17) is 23.2 Å². The average molecular weight is 440 g/mol. The molecule has 0 atom stereocenters. The van der Waals surface area contributed by atoms with Gasteiger partial charge in [-0.25, -0.2) is 17.9 Å². The minimum absolute atomic E-state index is 0.136. The molecule has 1 aromatic heterocycles. The second kappa shape index (κ2) is 6.62. The van der Waals surface area contributed by atoms with Crippen molar-refractivity contribution in [2.45, 2.75) is 36.7 Å². The van der Waals surface area contributed by atoms with Crippen molar-refractivity contribution < 1.29 is 8.42 Å². The maximum Gasteiger partial charge on any atom is 0.329 e. The fraction of sp³-hybridized carbons (Fsp3) is 0.316. The smallest absolute Gasteiger partial charge is 0.295 e. The number of rotatable bonds is 5. The first-order valence-electron chi connectivity index (χ1n) is 8.77. The summed E-state index contributed by atoms with van der Waals surface area (Å²) in [6.07, 6.45) is 1.64. The predicted molar refractivity (Wildman–Crippen MR) is 111 cm³/mol. The Labute approximate surface area is 172 Å². The maximum absolute atomic E-state index is 12.8. The molecule has 148 valence electrons. The molecule has 1 aliphatic carbocycles. The Morgan fingerprint density at radius 1 is 1.11 bits per heavy atom. The third kappa shape index (κ3) is 3.37. The SMILES string of the molecule is Cn1c(=O)n(Cc2c(Cl)cccc2Cl)c2ccc(S(=O)(=O)NC3(C)CC3)cc21. The summed E-state index contributed by atoms with van der Waals surface area (Å²) in [6, 6.07) is 9.85. The number of halogens is 2. The van der Waals surface area contributed by atoms with Gasteiger partial charge in [0.25, 0.3) is 0 Å². The molecule has 0 radical (unpaired) electrons. The minimum Gasteiger partial charge on any atom is -0.295 e. The van der Waals surface area contributed by atoms with Crippen molar-refractivity contribution in [2.75, 3.05) is 0 Å².